The predicted octanol–water partition coefficient (Wildman–Crippen LogP) is 0.898. The van der Waals surface area contributed by atoms with Crippen molar-refractivity contribution in [3.63, 3.8) is 0 Å². The first-order valence-corrected chi connectivity index (χ1v) is 3.73. The number of hydrogen-bond donors (Lipinski definition) is 1. The highest BCUT2D eigenvalue weighted by atomic mass is 32.2. The maximum Gasteiger partial charge on any atom is 0.334 e. The average molecular weight is 148 g/mol. The van der Waals surface area contributed by atoms with Crippen molar-refractivity contribution in [3.8, 4) is 0 Å². The van der Waals surface area contributed by atoms with Crippen LogP contribution in [0.2, 0.25) is 0 Å². The molecule has 0 radical (unpaired) electrons. The highest BCUT2D eigenvalue weighted by Gasteiger charge is 2.21. The molecular formula is C5H8O3S. The fourth-order valence-electron chi connectivity index (χ4n) is 0.671. The van der Waals surface area contributed by atoms with E-state index in [1.54, 1.807) is 0 Å². The first-order valence-electron chi connectivity index (χ1n) is 2.82. The summed E-state index contributed by atoms with van der Waals surface area (Å²) in [7, 11) is 0. The van der Waals surface area contributed by atoms with Crippen LogP contribution in [0.15, 0.2) is 0 Å². The predicted molar refractivity (Wildman–Crippen MR) is 34.2 cm³/mol. The third-order valence-corrected chi connectivity index (χ3v) is 1.98. The summed E-state index contributed by atoms with van der Waals surface area (Å²) in [5.74, 6) is 0.0752. The minimum absolute atomic E-state index is 0.566. The smallest absolute Gasteiger partial charge is 0.334 e. The van der Waals surface area contributed by atoms with Crippen molar-refractivity contribution in [2.24, 2.45) is 0 Å². The van der Waals surface area contributed by atoms with Gasteiger partial charge in [0, 0.05) is 5.75 Å². The summed E-state index contributed by atoms with van der Waals surface area (Å²) >= 11 is 1.25. The van der Waals surface area contributed by atoms with E-state index in [2.05, 4.69) is 0 Å². The van der Waals surface area contributed by atoms with Crippen LogP contribution in [0.5, 0.6) is 0 Å². The Labute approximate surface area is 57.6 Å². The summed E-state index contributed by atoms with van der Waals surface area (Å²) in [6, 6.07) is 0. The second-order valence-electron chi connectivity index (χ2n) is 1.89. The van der Waals surface area contributed by atoms with E-state index in [0.29, 0.717) is 6.42 Å². The van der Waals surface area contributed by atoms with E-state index in [-0.39, 0.29) is 0 Å². The molecule has 0 spiro atoms. The van der Waals surface area contributed by atoms with Crippen LogP contribution in [0.4, 0.5) is 0 Å². The molecule has 4 heteroatoms. The molecule has 0 bridgehead atoms. The molecule has 0 aliphatic carbocycles. The molecule has 0 amide bonds. The normalized spacial score (nSPS) is 27.8. The van der Waals surface area contributed by atoms with Crippen LogP contribution in [0.3, 0.4) is 0 Å². The molecule has 9 heavy (non-hydrogen) atoms. The molecule has 1 aliphatic heterocycles. The molecule has 1 aliphatic rings. The summed E-state index contributed by atoms with van der Waals surface area (Å²) < 4.78 is 4.86. The fourth-order valence-corrected chi connectivity index (χ4v) is 1.39. The molecule has 1 N–H and O–H groups in total. The third kappa shape index (κ3) is 1.87. The summed E-state index contributed by atoms with van der Waals surface area (Å²) in [6.45, 7) is 0. The minimum Gasteiger partial charge on any atom is -0.479 e. The lowest BCUT2D eigenvalue weighted by Crippen LogP contribution is -2.24. The minimum atomic E-state index is -0.845. The standard InChI is InChI=1S/C5H8O3S/c6-5(7)4-2-1-3-9-8-4/h4H,1-3H2,(H,6,7). The SMILES string of the molecule is O=C(O)C1CCCSO1. The van der Waals surface area contributed by atoms with Gasteiger partial charge < -0.3 is 9.29 Å². The molecule has 1 atom stereocenters. The maximum absolute atomic E-state index is 10.2. The lowest BCUT2D eigenvalue weighted by Gasteiger charge is -2.16. The van der Waals surface area contributed by atoms with Gasteiger partial charge in [0.15, 0.2) is 6.10 Å². The molecule has 52 valence electrons. The van der Waals surface area contributed by atoms with Gasteiger partial charge in [-0.15, -0.1) is 0 Å². The Balaban J connectivity index is 2.31. The highest BCUT2D eigenvalue weighted by molar-refractivity contribution is 7.94. The van der Waals surface area contributed by atoms with Gasteiger partial charge in [-0.25, -0.2) is 4.79 Å². The number of rotatable bonds is 1. The monoisotopic (exact) mass is 148 g/mol. The molecule has 1 unspecified atom stereocenters. The number of carbonyl (C=O) groups is 1. The third-order valence-electron chi connectivity index (χ3n) is 1.15. The molecule has 3 nitrogen and oxygen atoms in total. The molecule has 1 rings (SSSR count). The fraction of sp³-hybridized carbons (Fsp3) is 0.800. The van der Waals surface area contributed by atoms with Crippen LogP contribution in [-0.4, -0.2) is 22.9 Å². The van der Waals surface area contributed by atoms with E-state index in [1.807, 2.05) is 0 Å². The second kappa shape index (κ2) is 3.08. The van der Waals surface area contributed by atoms with Gasteiger partial charge in [-0.2, -0.15) is 0 Å². The quantitative estimate of drug-likeness (QED) is 0.561. The zero-order chi connectivity index (χ0) is 6.69. The van der Waals surface area contributed by atoms with E-state index >= 15 is 0 Å². The topological polar surface area (TPSA) is 46.5 Å². The average Bonchev–Trinajstić information content (AvgIpc) is 1.90. The van der Waals surface area contributed by atoms with Gasteiger partial charge in [0.2, 0.25) is 0 Å². The zero-order valence-electron chi connectivity index (χ0n) is 4.87. The largest absolute Gasteiger partial charge is 0.479 e. The first kappa shape index (κ1) is 6.89. The molecule has 1 heterocycles. The van der Waals surface area contributed by atoms with Gasteiger partial charge in [0.1, 0.15) is 0 Å². The highest BCUT2D eigenvalue weighted by Crippen LogP contribution is 2.20. The molecule has 1 saturated heterocycles. The van der Waals surface area contributed by atoms with Crippen LogP contribution in [0.1, 0.15) is 12.8 Å². The Bertz CT molecular complexity index is 109. The number of carboxylic acid groups (broad SMARTS) is 1. The van der Waals surface area contributed by atoms with Crippen molar-refractivity contribution in [3.05, 3.63) is 0 Å². The van der Waals surface area contributed by atoms with Crippen molar-refractivity contribution in [1.29, 1.82) is 0 Å². The lowest BCUT2D eigenvalue weighted by molar-refractivity contribution is -0.145. The van der Waals surface area contributed by atoms with Crippen LogP contribution in [-0.2, 0) is 8.98 Å². The van der Waals surface area contributed by atoms with Gasteiger partial charge in [-0.1, -0.05) is 0 Å². The summed E-state index contributed by atoms with van der Waals surface area (Å²) in [5, 5.41) is 8.40. The van der Waals surface area contributed by atoms with Crippen molar-refractivity contribution < 1.29 is 14.1 Å². The van der Waals surface area contributed by atoms with Crippen molar-refractivity contribution >= 4 is 18.0 Å². The van der Waals surface area contributed by atoms with E-state index in [9.17, 15) is 4.79 Å². The van der Waals surface area contributed by atoms with Gasteiger partial charge in [0.05, 0.1) is 0 Å². The van der Waals surface area contributed by atoms with Crippen LogP contribution in [0, 0.1) is 0 Å². The van der Waals surface area contributed by atoms with Gasteiger partial charge >= 0.3 is 5.97 Å². The summed E-state index contributed by atoms with van der Waals surface area (Å²) in [4.78, 5) is 10.2. The number of hydrogen-bond acceptors (Lipinski definition) is 3. The van der Waals surface area contributed by atoms with Crippen LogP contribution in [0.25, 0.3) is 0 Å². The van der Waals surface area contributed by atoms with Crippen molar-refractivity contribution in [2.75, 3.05) is 5.75 Å². The second-order valence-corrected chi connectivity index (χ2v) is 2.72. The van der Waals surface area contributed by atoms with E-state index in [0.717, 1.165) is 12.2 Å². The zero-order valence-corrected chi connectivity index (χ0v) is 5.69. The molecular weight excluding hydrogens is 140 g/mol. The van der Waals surface area contributed by atoms with Gasteiger partial charge in [-0.05, 0) is 24.9 Å². The van der Waals surface area contributed by atoms with E-state index in [4.69, 9.17) is 9.29 Å². The summed E-state index contributed by atoms with van der Waals surface area (Å²) in [5.41, 5.74) is 0. The molecule has 0 saturated carbocycles. The number of carboxylic acids is 1. The number of aliphatic carboxylic acids is 1. The van der Waals surface area contributed by atoms with Crippen LogP contribution < -0.4 is 0 Å². The van der Waals surface area contributed by atoms with Crippen molar-refractivity contribution in [1.82, 2.24) is 0 Å². The Kier molecular flexibility index (Phi) is 2.36. The molecule has 0 aromatic heterocycles. The van der Waals surface area contributed by atoms with E-state index in [1.165, 1.54) is 12.0 Å². The molecule has 0 aromatic rings. The summed E-state index contributed by atoms with van der Waals surface area (Å²) in [6.07, 6.45) is 1.04. The molecule has 0 aromatic carbocycles. The lowest BCUT2D eigenvalue weighted by atomic mass is 10.2. The Morgan fingerprint density at radius 3 is 2.89 bits per heavy atom. The molecule has 1 fully saturated rings. The first-order chi connectivity index (χ1) is 4.30. The Morgan fingerprint density at radius 2 is 2.56 bits per heavy atom. The van der Waals surface area contributed by atoms with Gasteiger partial charge in [0.25, 0.3) is 0 Å². The Morgan fingerprint density at radius 1 is 1.78 bits per heavy atom. The Hall–Kier alpha value is -0.220. The van der Waals surface area contributed by atoms with Gasteiger partial charge in [-0.3, -0.25) is 0 Å². The maximum atomic E-state index is 10.2. The van der Waals surface area contributed by atoms with Crippen LogP contribution >= 0.6 is 12.0 Å². The van der Waals surface area contributed by atoms with Crippen molar-refractivity contribution in [2.45, 2.75) is 18.9 Å². The van der Waals surface area contributed by atoms with E-state index < -0.39 is 12.1 Å².